The van der Waals surface area contributed by atoms with Gasteiger partial charge in [-0.25, -0.2) is 0 Å². The highest BCUT2D eigenvalue weighted by atomic mass is 16.4. The zero-order valence-electron chi connectivity index (χ0n) is 15.0. The Labute approximate surface area is 160 Å². The van der Waals surface area contributed by atoms with E-state index in [1.165, 1.54) is 0 Å². The molecule has 0 radical (unpaired) electrons. The molecule has 6 N–H and O–H groups in total. The summed E-state index contributed by atoms with van der Waals surface area (Å²) in [5.41, 5.74) is 6.85. The maximum atomic E-state index is 11.2. The molecule has 0 spiro atoms. The third kappa shape index (κ3) is 8.96. The van der Waals surface area contributed by atoms with E-state index >= 15 is 0 Å². The Balaban J connectivity index is 3.15. The van der Waals surface area contributed by atoms with Crippen molar-refractivity contribution in [1.29, 1.82) is 0 Å². The highest BCUT2D eigenvalue weighted by Gasteiger charge is 2.27. The fraction of sp³-hybridized carbons (Fsp3) is 0.412. The van der Waals surface area contributed by atoms with Crippen LogP contribution in [-0.2, 0) is 25.6 Å². The number of benzene rings is 1. The maximum Gasteiger partial charge on any atom is 0.317 e. The molecule has 1 aromatic rings. The molecule has 0 saturated heterocycles. The van der Waals surface area contributed by atoms with Gasteiger partial charge in [0.1, 0.15) is 0 Å². The first kappa shape index (κ1) is 22.9. The minimum absolute atomic E-state index is 0.149. The number of hydrogen-bond acceptors (Lipinski definition) is 7. The van der Waals surface area contributed by atoms with E-state index in [4.69, 9.17) is 26.2 Å². The second-order valence-corrected chi connectivity index (χ2v) is 6.25. The summed E-state index contributed by atoms with van der Waals surface area (Å²) in [4.78, 5) is 46.7. The fourth-order valence-corrected chi connectivity index (χ4v) is 2.76. The molecule has 154 valence electrons. The molecular weight excluding hydrogens is 374 g/mol. The Bertz CT molecular complexity index is 675. The van der Waals surface area contributed by atoms with Gasteiger partial charge in [-0.05, 0) is 24.1 Å². The van der Waals surface area contributed by atoms with Crippen LogP contribution in [0, 0.1) is 0 Å². The third-order valence-electron chi connectivity index (χ3n) is 3.83. The quantitative estimate of drug-likeness (QED) is 0.261. The molecular formula is C17H23N3O8. The molecule has 0 aliphatic rings. The monoisotopic (exact) mass is 397 g/mol. The molecule has 1 rings (SSSR count). The first-order valence-corrected chi connectivity index (χ1v) is 8.24. The van der Waals surface area contributed by atoms with Gasteiger partial charge in [-0.15, -0.1) is 0 Å². The average Bonchev–Trinajstić information content (AvgIpc) is 2.53. The molecule has 0 aromatic heterocycles. The summed E-state index contributed by atoms with van der Waals surface area (Å²) in [6.45, 7) is -2.51. The summed E-state index contributed by atoms with van der Waals surface area (Å²) in [5.74, 6) is -5.02. The number of nitrogen functional groups attached to an aromatic ring is 1. The number of nitrogens with zero attached hydrogens (tertiary/aromatic N) is 2. The molecule has 11 nitrogen and oxygen atoms in total. The van der Waals surface area contributed by atoms with Crippen molar-refractivity contribution in [3.8, 4) is 0 Å². The SMILES string of the molecule is Nc1ccc(C[C@@H](CN(CC(=O)O)CC(=O)O)N(CC(=O)O)CC(=O)O)cc1. The van der Waals surface area contributed by atoms with Crippen molar-refractivity contribution in [1.82, 2.24) is 9.80 Å². The predicted molar refractivity (Wildman–Crippen MR) is 96.9 cm³/mol. The van der Waals surface area contributed by atoms with E-state index in [-0.39, 0.29) is 13.0 Å². The zero-order chi connectivity index (χ0) is 21.3. The molecule has 0 amide bonds. The van der Waals surface area contributed by atoms with E-state index in [2.05, 4.69) is 0 Å². The highest BCUT2D eigenvalue weighted by molar-refractivity contribution is 5.73. The number of carboxylic acid groups (broad SMARTS) is 4. The zero-order valence-corrected chi connectivity index (χ0v) is 15.0. The lowest BCUT2D eigenvalue weighted by molar-refractivity contribution is -0.146. The smallest absolute Gasteiger partial charge is 0.317 e. The lowest BCUT2D eigenvalue weighted by Gasteiger charge is -2.33. The van der Waals surface area contributed by atoms with Gasteiger partial charge in [0.15, 0.2) is 0 Å². The first-order chi connectivity index (χ1) is 13.1. The van der Waals surface area contributed by atoms with E-state index in [1.807, 2.05) is 0 Å². The molecule has 28 heavy (non-hydrogen) atoms. The number of carbonyl (C=O) groups is 4. The van der Waals surface area contributed by atoms with E-state index in [0.717, 1.165) is 9.80 Å². The summed E-state index contributed by atoms with van der Waals surface area (Å²) in [7, 11) is 0. The van der Waals surface area contributed by atoms with Gasteiger partial charge in [-0.1, -0.05) is 12.1 Å². The standard InChI is InChI=1S/C17H23N3O8/c18-12-3-1-11(2-4-12)5-13(20(9-16(25)26)10-17(27)28)6-19(7-14(21)22)8-15(23)24/h1-4,13H,5-10,18H2,(H,21,22)(H,23,24)(H,25,26)(H,27,28)/t13-/m0/s1. The van der Waals surface area contributed by atoms with Crippen molar-refractivity contribution in [3.63, 3.8) is 0 Å². The summed E-state index contributed by atoms with van der Waals surface area (Å²) in [5, 5.41) is 36.3. The van der Waals surface area contributed by atoms with Crippen LogP contribution in [0.5, 0.6) is 0 Å². The van der Waals surface area contributed by atoms with Gasteiger partial charge in [0.25, 0.3) is 0 Å². The van der Waals surface area contributed by atoms with Crippen LogP contribution < -0.4 is 5.73 Å². The molecule has 1 atom stereocenters. The molecule has 0 aliphatic carbocycles. The number of nitrogens with two attached hydrogens (primary N) is 1. The largest absolute Gasteiger partial charge is 0.480 e. The Hall–Kier alpha value is -3.18. The molecule has 0 aliphatic heterocycles. The second kappa shape index (κ2) is 10.8. The van der Waals surface area contributed by atoms with Crippen LogP contribution in [0.4, 0.5) is 5.69 Å². The number of rotatable bonds is 13. The molecule has 0 bridgehead atoms. The predicted octanol–water partition coefficient (Wildman–Crippen LogP) is -0.878. The number of anilines is 1. The number of hydrogen-bond donors (Lipinski definition) is 5. The highest BCUT2D eigenvalue weighted by Crippen LogP contribution is 2.13. The van der Waals surface area contributed by atoms with E-state index in [0.29, 0.717) is 11.3 Å². The van der Waals surface area contributed by atoms with Crippen molar-refractivity contribution in [3.05, 3.63) is 29.8 Å². The van der Waals surface area contributed by atoms with Crippen LogP contribution in [0.2, 0.25) is 0 Å². The number of aliphatic carboxylic acids is 4. The lowest BCUT2D eigenvalue weighted by Crippen LogP contribution is -2.50. The normalized spacial score (nSPS) is 12.1. The van der Waals surface area contributed by atoms with Crippen LogP contribution in [0.1, 0.15) is 5.56 Å². The van der Waals surface area contributed by atoms with Gasteiger partial charge >= 0.3 is 23.9 Å². The van der Waals surface area contributed by atoms with Crippen molar-refractivity contribution >= 4 is 29.6 Å². The van der Waals surface area contributed by atoms with E-state index in [9.17, 15) is 19.2 Å². The molecule has 1 aromatic carbocycles. The Morgan fingerprint density at radius 3 is 1.61 bits per heavy atom. The van der Waals surface area contributed by atoms with Gasteiger partial charge in [0, 0.05) is 18.3 Å². The first-order valence-electron chi connectivity index (χ1n) is 8.24. The Morgan fingerprint density at radius 1 is 0.786 bits per heavy atom. The van der Waals surface area contributed by atoms with Crippen molar-refractivity contribution in [2.24, 2.45) is 0 Å². The van der Waals surface area contributed by atoms with Crippen LogP contribution >= 0.6 is 0 Å². The van der Waals surface area contributed by atoms with Crippen LogP contribution in [0.3, 0.4) is 0 Å². The minimum atomic E-state index is -1.26. The summed E-state index contributed by atoms with van der Waals surface area (Å²) in [6.07, 6.45) is 0.177. The van der Waals surface area contributed by atoms with Crippen molar-refractivity contribution in [2.45, 2.75) is 12.5 Å². The molecule has 11 heteroatoms. The van der Waals surface area contributed by atoms with Gasteiger partial charge in [-0.3, -0.25) is 29.0 Å². The molecule has 0 unspecified atom stereocenters. The Kier molecular flexibility index (Phi) is 8.85. The molecule has 0 saturated carbocycles. The van der Waals surface area contributed by atoms with Gasteiger partial charge in [0.05, 0.1) is 26.2 Å². The van der Waals surface area contributed by atoms with Crippen LogP contribution in [0.15, 0.2) is 24.3 Å². The van der Waals surface area contributed by atoms with E-state index in [1.54, 1.807) is 24.3 Å². The van der Waals surface area contributed by atoms with Gasteiger partial charge in [-0.2, -0.15) is 0 Å². The van der Waals surface area contributed by atoms with Gasteiger partial charge < -0.3 is 26.2 Å². The molecule has 0 heterocycles. The minimum Gasteiger partial charge on any atom is -0.480 e. The third-order valence-corrected chi connectivity index (χ3v) is 3.83. The maximum absolute atomic E-state index is 11.2. The topological polar surface area (TPSA) is 182 Å². The second-order valence-electron chi connectivity index (χ2n) is 6.25. The number of carboxylic acids is 4. The molecule has 0 fully saturated rings. The van der Waals surface area contributed by atoms with Gasteiger partial charge in [0.2, 0.25) is 0 Å². The van der Waals surface area contributed by atoms with E-state index < -0.39 is 56.1 Å². The van der Waals surface area contributed by atoms with Crippen LogP contribution in [-0.4, -0.2) is 92.9 Å². The average molecular weight is 397 g/mol. The summed E-state index contributed by atoms with van der Waals surface area (Å²) >= 11 is 0. The Morgan fingerprint density at radius 2 is 1.21 bits per heavy atom. The van der Waals surface area contributed by atoms with Crippen LogP contribution in [0.25, 0.3) is 0 Å². The fourth-order valence-electron chi connectivity index (χ4n) is 2.76. The van der Waals surface area contributed by atoms with Crippen molar-refractivity contribution < 1.29 is 39.6 Å². The lowest BCUT2D eigenvalue weighted by atomic mass is 10.0. The summed E-state index contributed by atoms with van der Waals surface area (Å²) < 4.78 is 0. The summed E-state index contributed by atoms with van der Waals surface area (Å²) in [6, 6.07) is 5.85. The van der Waals surface area contributed by atoms with Crippen molar-refractivity contribution in [2.75, 3.05) is 38.5 Å².